The molecule has 0 aliphatic carbocycles. The van der Waals surface area contributed by atoms with Crippen LogP contribution in [-0.2, 0) is 13.0 Å². The van der Waals surface area contributed by atoms with Gasteiger partial charge in [-0.2, -0.15) is 0 Å². The van der Waals surface area contributed by atoms with Crippen molar-refractivity contribution in [1.29, 1.82) is 0 Å². The van der Waals surface area contributed by atoms with Gasteiger partial charge in [0, 0.05) is 38.8 Å². The minimum atomic E-state index is -0.134. The molecule has 134 valence electrons. The van der Waals surface area contributed by atoms with Crippen molar-refractivity contribution >= 4 is 6.03 Å². The van der Waals surface area contributed by atoms with Gasteiger partial charge in [0.25, 0.3) is 0 Å². The molecule has 1 unspecified atom stereocenters. The highest BCUT2D eigenvalue weighted by molar-refractivity contribution is 5.73. The molecule has 0 radical (unpaired) electrons. The number of nitrogens with one attached hydrogen (secondary N) is 2. The summed E-state index contributed by atoms with van der Waals surface area (Å²) in [6.07, 6.45) is 1.75. The van der Waals surface area contributed by atoms with E-state index in [0.717, 1.165) is 19.5 Å². The molecule has 1 aliphatic heterocycles. The minimum absolute atomic E-state index is 0.0890. The first kappa shape index (κ1) is 18.7. The highest BCUT2D eigenvalue weighted by atomic mass is 16.3. The zero-order valence-corrected chi connectivity index (χ0v) is 15.1. The predicted octanol–water partition coefficient (Wildman–Crippen LogP) is 2.14. The lowest BCUT2D eigenvalue weighted by molar-refractivity contribution is 0.181. The standard InChI is InChI=1S/C19H31N3O2/c1-15(12-20-18(24)21-14-19(2,3)9-11-23)22-10-8-16-6-4-5-7-17(16)13-22/h4-7,15,23H,8-14H2,1-3H3,(H2,20,21,24). The Kier molecular flexibility index (Phi) is 6.63. The van der Waals surface area contributed by atoms with Crippen LogP contribution in [0.15, 0.2) is 24.3 Å². The summed E-state index contributed by atoms with van der Waals surface area (Å²) in [6.45, 7) is 9.55. The lowest BCUT2D eigenvalue weighted by Gasteiger charge is -2.34. The van der Waals surface area contributed by atoms with E-state index in [1.54, 1.807) is 0 Å². The van der Waals surface area contributed by atoms with E-state index in [-0.39, 0.29) is 18.1 Å². The molecule has 5 heteroatoms. The van der Waals surface area contributed by atoms with E-state index in [0.29, 0.717) is 25.6 Å². The number of aliphatic hydroxyl groups is 1. The van der Waals surface area contributed by atoms with Crippen molar-refractivity contribution in [2.75, 3.05) is 26.2 Å². The van der Waals surface area contributed by atoms with Gasteiger partial charge < -0.3 is 15.7 Å². The SMILES string of the molecule is CC(CNC(=O)NCC(C)(C)CCO)N1CCc2ccccc2C1. The van der Waals surface area contributed by atoms with Crippen LogP contribution in [0.3, 0.4) is 0 Å². The molecule has 2 amide bonds. The van der Waals surface area contributed by atoms with Crippen LogP contribution in [0.2, 0.25) is 0 Å². The van der Waals surface area contributed by atoms with Gasteiger partial charge in [0.1, 0.15) is 0 Å². The minimum Gasteiger partial charge on any atom is -0.396 e. The van der Waals surface area contributed by atoms with Gasteiger partial charge in [-0.25, -0.2) is 4.79 Å². The number of carbonyl (C=O) groups excluding carboxylic acids is 1. The molecule has 5 nitrogen and oxygen atoms in total. The summed E-state index contributed by atoms with van der Waals surface area (Å²) >= 11 is 0. The van der Waals surface area contributed by atoms with Crippen LogP contribution in [0.1, 0.15) is 38.3 Å². The molecular weight excluding hydrogens is 302 g/mol. The summed E-state index contributed by atoms with van der Waals surface area (Å²) in [7, 11) is 0. The van der Waals surface area contributed by atoms with Gasteiger partial charge >= 0.3 is 6.03 Å². The van der Waals surface area contributed by atoms with E-state index >= 15 is 0 Å². The summed E-state index contributed by atoms with van der Waals surface area (Å²) in [5.74, 6) is 0. The van der Waals surface area contributed by atoms with Crippen molar-refractivity contribution in [3.63, 3.8) is 0 Å². The van der Waals surface area contributed by atoms with Crippen LogP contribution in [0.4, 0.5) is 4.79 Å². The lowest BCUT2D eigenvalue weighted by Crippen LogP contribution is -2.48. The molecule has 2 rings (SSSR count). The molecule has 1 aromatic rings. The van der Waals surface area contributed by atoms with Gasteiger partial charge in [0.05, 0.1) is 0 Å². The Morgan fingerprint density at radius 1 is 1.29 bits per heavy atom. The Labute approximate surface area is 145 Å². The topological polar surface area (TPSA) is 64.6 Å². The molecule has 0 saturated carbocycles. The van der Waals surface area contributed by atoms with Crippen LogP contribution in [0, 0.1) is 5.41 Å². The number of nitrogens with zero attached hydrogens (tertiary/aromatic N) is 1. The summed E-state index contributed by atoms with van der Waals surface area (Å²) in [5, 5.41) is 14.9. The summed E-state index contributed by atoms with van der Waals surface area (Å²) in [5.41, 5.74) is 2.75. The number of hydrogen-bond acceptors (Lipinski definition) is 3. The van der Waals surface area contributed by atoms with Gasteiger partial charge in [-0.3, -0.25) is 4.90 Å². The summed E-state index contributed by atoms with van der Waals surface area (Å²) in [4.78, 5) is 14.4. The van der Waals surface area contributed by atoms with Gasteiger partial charge in [0.15, 0.2) is 0 Å². The average molecular weight is 333 g/mol. The second kappa shape index (κ2) is 8.49. The van der Waals surface area contributed by atoms with Gasteiger partial charge in [-0.15, -0.1) is 0 Å². The van der Waals surface area contributed by atoms with E-state index in [4.69, 9.17) is 5.11 Å². The molecule has 24 heavy (non-hydrogen) atoms. The molecule has 1 aromatic carbocycles. The predicted molar refractivity (Wildman–Crippen MR) is 96.9 cm³/mol. The van der Waals surface area contributed by atoms with Crippen LogP contribution in [0.5, 0.6) is 0 Å². The fourth-order valence-electron chi connectivity index (χ4n) is 3.04. The molecule has 1 heterocycles. The molecule has 0 aromatic heterocycles. The Bertz CT molecular complexity index is 545. The fraction of sp³-hybridized carbons (Fsp3) is 0.632. The first-order valence-corrected chi connectivity index (χ1v) is 8.85. The van der Waals surface area contributed by atoms with E-state index in [2.05, 4.69) is 46.7 Å². The highest BCUT2D eigenvalue weighted by Gasteiger charge is 2.21. The Balaban J connectivity index is 1.73. The molecule has 1 aliphatic rings. The molecule has 0 saturated heterocycles. The Morgan fingerprint density at radius 2 is 2.00 bits per heavy atom. The normalized spacial score (nSPS) is 16.3. The van der Waals surface area contributed by atoms with E-state index < -0.39 is 0 Å². The largest absolute Gasteiger partial charge is 0.396 e. The van der Waals surface area contributed by atoms with Crippen molar-refractivity contribution in [2.45, 2.75) is 46.2 Å². The second-order valence-electron chi connectivity index (χ2n) is 7.54. The van der Waals surface area contributed by atoms with Crippen LogP contribution >= 0.6 is 0 Å². The quantitative estimate of drug-likeness (QED) is 0.716. The van der Waals surface area contributed by atoms with Gasteiger partial charge in [-0.1, -0.05) is 38.1 Å². The van der Waals surface area contributed by atoms with Crippen molar-refractivity contribution in [3.05, 3.63) is 35.4 Å². The maximum absolute atomic E-state index is 12.0. The maximum atomic E-state index is 12.0. The highest BCUT2D eigenvalue weighted by Crippen LogP contribution is 2.20. The van der Waals surface area contributed by atoms with Crippen molar-refractivity contribution < 1.29 is 9.90 Å². The molecular formula is C19H31N3O2. The third-order valence-electron chi connectivity index (χ3n) is 4.86. The van der Waals surface area contributed by atoms with E-state index in [1.807, 2.05) is 13.8 Å². The number of aliphatic hydroxyl groups excluding tert-OH is 1. The molecule has 0 fully saturated rings. The van der Waals surface area contributed by atoms with Gasteiger partial charge in [-0.05, 0) is 36.3 Å². The fourth-order valence-corrected chi connectivity index (χ4v) is 3.04. The molecule has 0 bridgehead atoms. The van der Waals surface area contributed by atoms with Crippen LogP contribution in [-0.4, -0.2) is 48.3 Å². The lowest BCUT2D eigenvalue weighted by atomic mass is 9.90. The molecule has 1 atom stereocenters. The van der Waals surface area contributed by atoms with Crippen molar-refractivity contribution in [1.82, 2.24) is 15.5 Å². The van der Waals surface area contributed by atoms with E-state index in [9.17, 15) is 4.79 Å². The zero-order chi connectivity index (χ0) is 17.6. The second-order valence-corrected chi connectivity index (χ2v) is 7.54. The number of amides is 2. The van der Waals surface area contributed by atoms with Crippen LogP contribution in [0.25, 0.3) is 0 Å². The number of hydrogen-bond donors (Lipinski definition) is 3. The third-order valence-corrected chi connectivity index (χ3v) is 4.86. The van der Waals surface area contributed by atoms with Crippen molar-refractivity contribution in [3.8, 4) is 0 Å². The first-order chi connectivity index (χ1) is 11.4. The number of urea groups is 1. The maximum Gasteiger partial charge on any atom is 0.314 e. The third kappa shape index (κ3) is 5.49. The smallest absolute Gasteiger partial charge is 0.314 e. The first-order valence-electron chi connectivity index (χ1n) is 8.85. The van der Waals surface area contributed by atoms with Crippen molar-refractivity contribution in [2.24, 2.45) is 5.41 Å². The molecule has 0 spiro atoms. The Hall–Kier alpha value is -1.59. The summed E-state index contributed by atoms with van der Waals surface area (Å²) < 4.78 is 0. The monoisotopic (exact) mass is 333 g/mol. The van der Waals surface area contributed by atoms with E-state index in [1.165, 1.54) is 11.1 Å². The number of fused-ring (bicyclic) bond motifs is 1. The number of rotatable bonds is 7. The van der Waals surface area contributed by atoms with Gasteiger partial charge in [0.2, 0.25) is 0 Å². The zero-order valence-electron chi connectivity index (χ0n) is 15.1. The van der Waals surface area contributed by atoms with Crippen LogP contribution < -0.4 is 10.6 Å². The summed E-state index contributed by atoms with van der Waals surface area (Å²) in [6, 6.07) is 8.75. The Morgan fingerprint density at radius 3 is 2.71 bits per heavy atom. The number of benzene rings is 1. The average Bonchev–Trinajstić information content (AvgIpc) is 2.57. The number of carbonyl (C=O) groups is 1. The molecule has 3 N–H and O–H groups in total.